The largest absolute Gasteiger partial charge is 0.497 e. The third-order valence-corrected chi connectivity index (χ3v) is 3.83. The van der Waals surface area contributed by atoms with Gasteiger partial charge in [0.25, 0.3) is 0 Å². The summed E-state index contributed by atoms with van der Waals surface area (Å²) in [6, 6.07) is 5.61. The Morgan fingerprint density at radius 1 is 1.17 bits per heavy atom. The first-order valence-corrected chi connectivity index (χ1v) is 7.33. The third-order valence-electron chi connectivity index (χ3n) is 3.83. The van der Waals surface area contributed by atoms with Gasteiger partial charge in [0.05, 0.1) is 19.9 Å². The number of rotatable bonds is 5. The summed E-state index contributed by atoms with van der Waals surface area (Å²) >= 11 is 0. The van der Waals surface area contributed by atoms with Crippen molar-refractivity contribution in [2.75, 3.05) is 45.3 Å². The molecule has 3 N–H and O–H groups in total. The normalized spacial score (nSPS) is 14.4. The van der Waals surface area contributed by atoms with Crippen molar-refractivity contribution >= 4 is 17.5 Å². The molecule has 1 saturated heterocycles. The fraction of sp³-hybridized carbons (Fsp3) is 0.467. The van der Waals surface area contributed by atoms with E-state index in [-0.39, 0.29) is 12.3 Å². The molecule has 0 radical (unpaired) electrons. The smallest absolute Gasteiger partial charge is 0.243 e. The lowest BCUT2D eigenvalue weighted by molar-refractivity contribution is -0.136. The van der Waals surface area contributed by atoms with Crippen LogP contribution in [0.1, 0.15) is 6.42 Å². The summed E-state index contributed by atoms with van der Waals surface area (Å²) in [5, 5.41) is 0. The number of carbonyl (C=O) groups excluding carboxylic acids is 2. The second kappa shape index (κ2) is 7.68. The van der Waals surface area contributed by atoms with E-state index in [1.54, 1.807) is 19.1 Å². The predicted octanol–water partition coefficient (Wildman–Crippen LogP) is -0.268. The highest BCUT2D eigenvalue weighted by Crippen LogP contribution is 2.32. The number of benzene rings is 1. The van der Waals surface area contributed by atoms with Crippen LogP contribution in [-0.4, -0.2) is 57.1 Å². The van der Waals surface area contributed by atoms with Crippen molar-refractivity contribution in [1.82, 2.24) is 10.3 Å². The third kappa shape index (κ3) is 4.04. The number of anilines is 1. The Labute approximate surface area is 135 Å². The average Bonchev–Trinajstić information content (AvgIpc) is 2.61. The summed E-state index contributed by atoms with van der Waals surface area (Å²) in [6.07, 6.45) is -0.223. The summed E-state index contributed by atoms with van der Waals surface area (Å²) in [5.74, 6) is 5.81. The Morgan fingerprint density at radius 3 is 2.43 bits per heavy atom. The molecule has 0 atom stereocenters. The van der Waals surface area contributed by atoms with Crippen LogP contribution in [0.2, 0.25) is 0 Å². The lowest BCUT2D eigenvalue weighted by Crippen LogP contribution is -2.50. The molecular formula is C15H22N4O4. The molecule has 0 spiro atoms. The molecule has 1 heterocycles. The van der Waals surface area contributed by atoms with E-state index in [1.807, 2.05) is 23.6 Å². The standard InChI is InChI=1S/C15H22N4O4/c1-22-11-3-4-13(23-2)12(9-11)18-5-7-19(8-6-18)15(21)10-14(20)17-16/h3-4,9H,5-8,10,16H2,1-2H3,(H,17,20). The predicted molar refractivity (Wildman–Crippen MR) is 85.3 cm³/mol. The molecule has 1 fully saturated rings. The molecule has 0 aromatic heterocycles. The fourth-order valence-electron chi connectivity index (χ4n) is 2.54. The van der Waals surface area contributed by atoms with Gasteiger partial charge in [0.2, 0.25) is 11.8 Å². The van der Waals surface area contributed by atoms with Crippen LogP contribution in [0.25, 0.3) is 0 Å². The minimum Gasteiger partial charge on any atom is -0.497 e. The van der Waals surface area contributed by atoms with Crippen molar-refractivity contribution in [3.8, 4) is 11.5 Å². The molecule has 0 bridgehead atoms. The molecule has 23 heavy (non-hydrogen) atoms. The summed E-state index contributed by atoms with van der Waals surface area (Å²) in [5.41, 5.74) is 2.90. The number of nitrogens with one attached hydrogen (secondary N) is 1. The average molecular weight is 322 g/mol. The topological polar surface area (TPSA) is 97.1 Å². The van der Waals surface area contributed by atoms with Gasteiger partial charge in [0.15, 0.2) is 0 Å². The van der Waals surface area contributed by atoms with Crippen LogP contribution in [0.3, 0.4) is 0 Å². The van der Waals surface area contributed by atoms with Crippen LogP contribution >= 0.6 is 0 Å². The highest BCUT2D eigenvalue weighted by Gasteiger charge is 2.24. The number of piperazine rings is 1. The van der Waals surface area contributed by atoms with Gasteiger partial charge in [0.1, 0.15) is 17.9 Å². The number of amides is 2. The van der Waals surface area contributed by atoms with Gasteiger partial charge in [-0.1, -0.05) is 0 Å². The van der Waals surface area contributed by atoms with Crippen LogP contribution < -0.4 is 25.6 Å². The Kier molecular flexibility index (Phi) is 5.64. The van der Waals surface area contributed by atoms with Crippen molar-refractivity contribution in [1.29, 1.82) is 0 Å². The van der Waals surface area contributed by atoms with Gasteiger partial charge in [-0.2, -0.15) is 0 Å². The SMILES string of the molecule is COc1ccc(OC)c(N2CCN(C(=O)CC(=O)NN)CC2)c1. The molecular weight excluding hydrogens is 300 g/mol. The highest BCUT2D eigenvalue weighted by atomic mass is 16.5. The molecule has 8 heteroatoms. The van der Waals surface area contributed by atoms with Crippen molar-refractivity contribution < 1.29 is 19.1 Å². The van der Waals surface area contributed by atoms with Crippen molar-refractivity contribution in [3.63, 3.8) is 0 Å². The summed E-state index contributed by atoms with van der Waals surface area (Å²) in [7, 11) is 3.24. The van der Waals surface area contributed by atoms with Crippen molar-refractivity contribution in [3.05, 3.63) is 18.2 Å². The molecule has 1 aliphatic rings. The lowest BCUT2D eigenvalue weighted by atomic mass is 10.2. The lowest BCUT2D eigenvalue weighted by Gasteiger charge is -2.36. The fourth-order valence-corrected chi connectivity index (χ4v) is 2.54. The maximum atomic E-state index is 12.0. The number of nitrogens with zero attached hydrogens (tertiary/aromatic N) is 2. The second-order valence-electron chi connectivity index (χ2n) is 5.15. The molecule has 0 unspecified atom stereocenters. The summed E-state index contributed by atoms with van der Waals surface area (Å²) in [4.78, 5) is 27.0. The van der Waals surface area contributed by atoms with Gasteiger partial charge in [0, 0.05) is 32.2 Å². The van der Waals surface area contributed by atoms with E-state index in [0.717, 1.165) is 17.2 Å². The van der Waals surface area contributed by atoms with Crippen molar-refractivity contribution in [2.24, 2.45) is 5.84 Å². The van der Waals surface area contributed by atoms with Gasteiger partial charge >= 0.3 is 0 Å². The van der Waals surface area contributed by atoms with Crippen LogP contribution in [0.15, 0.2) is 18.2 Å². The van der Waals surface area contributed by atoms with E-state index in [4.69, 9.17) is 15.3 Å². The molecule has 8 nitrogen and oxygen atoms in total. The zero-order valence-electron chi connectivity index (χ0n) is 13.4. The molecule has 1 aromatic rings. The first-order chi connectivity index (χ1) is 11.1. The van der Waals surface area contributed by atoms with E-state index < -0.39 is 5.91 Å². The Morgan fingerprint density at radius 2 is 1.87 bits per heavy atom. The maximum absolute atomic E-state index is 12.0. The molecule has 0 saturated carbocycles. The highest BCUT2D eigenvalue weighted by molar-refractivity contribution is 5.96. The molecule has 2 rings (SSSR count). The minimum absolute atomic E-state index is 0.217. The number of hydrazine groups is 1. The quantitative estimate of drug-likeness (QED) is 0.335. The summed E-state index contributed by atoms with van der Waals surface area (Å²) in [6.45, 7) is 2.38. The first-order valence-electron chi connectivity index (χ1n) is 7.33. The van der Waals surface area contributed by atoms with Crippen LogP contribution in [0.5, 0.6) is 11.5 Å². The van der Waals surface area contributed by atoms with Crippen molar-refractivity contribution in [2.45, 2.75) is 6.42 Å². The molecule has 2 amide bonds. The molecule has 1 aromatic carbocycles. The van der Waals surface area contributed by atoms with Gasteiger partial charge in [-0.15, -0.1) is 0 Å². The van der Waals surface area contributed by atoms with Crippen LogP contribution in [0, 0.1) is 0 Å². The Bertz CT molecular complexity index is 571. The molecule has 0 aliphatic carbocycles. The van der Waals surface area contributed by atoms with E-state index in [0.29, 0.717) is 26.2 Å². The van der Waals surface area contributed by atoms with Crippen LogP contribution in [0.4, 0.5) is 5.69 Å². The van der Waals surface area contributed by atoms with Gasteiger partial charge in [-0.3, -0.25) is 15.0 Å². The first kappa shape index (κ1) is 16.9. The zero-order valence-corrected chi connectivity index (χ0v) is 13.4. The van der Waals surface area contributed by atoms with Gasteiger partial charge in [-0.25, -0.2) is 5.84 Å². The van der Waals surface area contributed by atoms with E-state index >= 15 is 0 Å². The van der Waals surface area contributed by atoms with Crippen LogP contribution in [-0.2, 0) is 9.59 Å². The number of hydrogen-bond donors (Lipinski definition) is 2. The number of methoxy groups -OCH3 is 2. The summed E-state index contributed by atoms with van der Waals surface area (Å²) < 4.78 is 10.7. The number of hydrogen-bond acceptors (Lipinski definition) is 6. The monoisotopic (exact) mass is 322 g/mol. The number of ether oxygens (including phenoxy) is 2. The van der Waals surface area contributed by atoms with Gasteiger partial charge in [-0.05, 0) is 12.1 Å². The van der Waals surface area contributed by atoms with E-state index in [9.17, 15) is 9.59 Å². The van der Waals surface area contributed by atoms with E-state index in [1.165, 1.54) is 0 Å². The Balaban J connectivity index is 2.01. The minimum atomic E-state index is -0.480. The van der Waals surface area contributed by atoms with Gasteiger partial charge < -0.3 is 19.3 Å². The Hall–Kier alpha value is -2.48. The maximum Gasteiger partial charge on any atom is 0.243 e. The molecule has 126 valence electrons. The zero-order chi connectivity index (χ0) is 16.8. The second-order valence-corrected chi connectivity index (χ2v) is 5.15. The number of nitrogens with two attached hydrogens (primary N) is 1. The number of carbonyl (C=O) groups is 2. The van der Waals surface area contributed by atoms with E-state index in [2.05, 4.69) is 4.90 Å². The molecule has 1 aliphatic heterocycles.